The molecule has 20 heavy (non-hydrogen) atoms. The number of benzene rings is 1. The fourth-order valence-corrected chi connectivity index (χ4v) is 2.70. The number of aromatic nitrogens is 4. The summed E-state index contributed by atoms with van der Waals surface area (Å²) in [4.78, 5) is 0. The first-order chi connectivity index (χ1) is 9.61. The van der Waals surface area contributed by atoms with Gasteiger partial charge < -0.3 is 10.5 Å². The van der Waals surface area contributed by atoms with Crippen LogP contribution in [-0.2, 0) is 6.54 Å². The van der Waals surface area contributed by atoms with E-state index in [1.165, 1.54) is 19.3 Å². The Morgan fingerprint density at radius 2 is 2.20 bits per heavy atom. The monoisotopic (exact) mass is 273 g/mol. The summed E-state index contributed by atoms with van der Waals surface area (Å²) in [5.41, 5.74) is 7.63. The molecule has 1 saturated carbocycles. The second-order valence-electron chi connectivity index (χ2n) is 5.78. The van der Waals surface area contributed by atoms with Gasteiger partial charge in [0.25, 0.3) is 0 Å². The van der Waals surface area contributed by atoms with Crippen LogP contribution in [0, 0.1) is 5.41 Å². The number of tetrazole rings is 1. The maximum absolute atomic E-state index is 5.79. The molecule has 2 aromatic rings. The summed E-state index contributed by atoms with van der Waals surface area (Å²) in [6, 6.07) is 5.53. The molecule has 0 amide bonds. The first kappa shape index (κ1) is 12.9. The molecule has 1 aromatic carbocycles. The SMILES string of the molecule is COc1cc(N)ccc1-c1nnnn1CC1(C)CCC1. The lowest BCUT2D eigenvalue weighted by Crippen LogP contribution is -2.31. The summed E-state index contributed by atoms with van der Waals surface area (Å²) in [7, 11) is 1.62. The molecule has 6 nitrogen and oxygen atoms in total. The molecule has 0 radical (unpaired) electrons. The first-order valence-corrected chi connectivity index (χ1v) is 6.81. The lowest BCUT2D eigenvalue weighted by molar-refractivity contribution is 0.126. The van der Waals surface area contributed by atoms with Crippen LogP contribution in [0.25, 0.3) is 11.4 Å². The van der Waals surface area contributed by atoms with Crippen molar-refractivity contribution < 1.29 is 4.74 Å². The van der Waals surface area contributed by atoms with Gasteiger partial charge in [0.05, 0.1) is 19.2 Å². The molecule has 1 aliphatic rings. The summed E-state index contributed by atoms with van der Waals surface area (Å²) in [6.07, 6.45) is 3.75. The second-order valence-corrected chi connectivity index (χ2v) is 5.78. The largest absolute Gasteiger partial charge is 0.496 e. The van der Waals surface area contributed by atoms with Gasteiger partial charge in [0.15, 0.2) is 5.82 Å². The molecule has 1 heterocycles. The van der Waals surface area contributed by atoms with Gasteiger partial charge in [-0.25, -0.2) is 4.68 Å². The number of ether oxygens (including phenoxy) is 1. The van der Waals surface area contributed by atoms with E-state index in [4.69, 9.17) is 10.5 Å². The number of nitrogens with zero attached hydrogens (tertiary/aromatic N) is 4. The zero-order chi connectivity index (χ0) is 14.2. The molecule has 106 valence electrons. The van der Waals surface area contributed by atoms with E-state index in [9.17, 15) is 0 Å². The molecule has 0 saturated heterocycles. The summed E-state index contributed by atoms with van der Waals surface area (Å²) < 4.78 is 7.25. The van der Waals surface area contributed by atoms with Crippen LogP contribution in [0.15, 0.2) is 18.2 Å². The van der Waals surface area contributed by atoms with Crippen LogP contribution in [-0.4, -0.2) is 27.3 Å². The minimum atomic E-state index is 0.311. The molecular weight excluding hydrogens is 254 g/mol. The van der Waals surface area contributed by atoms with Gasteiger partial charge in [-0.15, -0.1) is 5.10 Å². The van der Waals surface area contributed by atoms with Crippen LogP contribution in [0.5, 0.6) is 5.75 Å². The van der Waals surface area contributed by atoms with Gasteiger partial charge in [-0.2, -0.15) is 0 Å². The van der Waals surface area contributed by atoms with E-state index in [1.807, 2.05) is 16.8 Å². The standard InChI is InChI=1S/C14H19N5O/c1-14(6-3-7-14)9-19-13(16-17-18-19)11-5-4-10(15)8-12(11)20-2/h4-5,8H,3,6-7,9,15H2,1-2H3. The normalized spacial score (nSPS) is 16.7. The molecule has 1 aromatic heterocycles. The van der Waals surface area contributed by atoms with Gasteiger partial charge in [0.2, 0.25) is 0 Å². The van der Waals surface area contributed by atoms with Crippen LogP contribution in [0.1, 0.15) is 26.2 Å². The molecule has 1 aliphatic carbocycles. The maximum Gasteiger partial charge on any atom is 0.185 e. The third-order valence-electron chi connectivity index (χ3n) is 4.09. The molecule has 0 unspecified atom stereocenters. The second kappa shape index (κ2) is 4.77. The Bertz CT molecular complexity index is 618. The van der Waals surface area contributed by atoms with E-state index in [1.54, 1.807) is 13.2 Å². The third-order valence-corrected chi connectivity index (χ3v) is 4.09. The van der Waals surface area contributed by atoms with Crippen molar-refractivity contribution in [1.82, 2.24) is 20.2 Å². The van der Waals surface area contributed by atoms with Gasteiger partial charge in [-0.05, 0) is 40.8 Å². The molecule has 6 heteroatoms. The Kier molecular flexibility index (Phi) is 3.08. The predicted molar refractivity (Wildman–Crippen MR) is 76.2 cm³/mol. The Hall–Kier alpha value is -2.11. The van der Waals surface area contributed by atoms with E-state index in [0.29, 0.717) is 16.9 Å². The Balaban J connectivity index is 1.96. The highest BCUT2D eigenvalue weighted by molar-refractivity contribution is 5.67. The number of nitrogens with two attached hydrogens (primary N) is 1. The number of rotatable bonds is 4. The van der Waals surface area contributed by atoms with E-state index in [0.717, 1.165) is 17.9 Å². The molecule has 0 aliphatic heterocycles. The summed E-state index contributed by atoms with van der Waals surface area (Å²) in [6.45, 7) is 3.12. The molecule has 2 N–H and O–H groups in total. The summed E-state index contributed by atoms with van der Waals surface area (Å²) in [5.74, 6) is 1.43. The zero-order valence-electron chi connectivity index (χ0n) is 11.8. The summed E-state index contributed by atoms with van der Waals surface area (Å²) in [5, 5.41) is 12.1. The summed E-state index contributed by atoms with van der Waals surface area (Å²) >= 11 is 0. The highest BCUT2D eigenvalue weighted by Gasteiger charge is 2.33. The van der Waals surface area contributed by atoms with Crippen LogP contribution >= 0.6 is 0 Å². The van der Waals surface area contributed by atoms with Gasteiger partial charge in [0, 0.05) is 11.8 Å². The fourth-order valence-electron chi connectivity index (χ4n) is 2.70. The Morgan fingerprint density at radius 1 is 1.40 bits per heavy atom. The number of anilines is 1. The van der Waals surface area contributed by atoms with Crippen molar-refractivity contribution in [2.45, 2.75) is 32.7 Å². The van der Waals surface area contributed by atoms with Gasteiger partial charge >= 0.3 is 0 Å². The van der Waals surface area contributed by atoms with Crippen LogP contribution in [0.3, 0.4) is 0 Å². The molecule has 3 rings (SSSR count). The van der Waals surface area contributed by atoms with Crippen molar-refractivity contribution in [2.24, 2.45) is 5.41 Å². The predicted octanol–water partition coefficient (Wildman–Crippen LogP) is 2.12. The minimum Gasteiger partial charge on any atom is -0.496 e. The van der Waals surface area contributed by atoms with Crippen molar-refractivity contribution in [3.63, 3.8) is 0 Å². The van der Waals surface area contributed by atoms with Crippen LogP contribution in [0.2, 0.25) is 0 Å². The minimum absolute atomic E-state index is 0.311. The smallest absolute Gasteiger partial charge is 0.185 e. The Labute approximate surface area is 117 Å². The van der Waals surface area contributed by atoms with Crippen LogP contribution < -0.4 is 10.5 Å². The number of methoxy groups -OCH3 is 1. The van der Waals surface area contributed by atoms with Crippen molar-refractivity contribution >= 4 is 5.69 Å². The average Bonchev–Trinajstić information content (AvgIpc) is 2.84. The fraction of sp³-hybridized carbons (Fsp3) is 0.500. The van der Waals surface area contributed by atoms with Crippen molar-refractivity contribution in [1.29, 1.82) is 0 Å². The first-order valence-electron chi connectivity index (χ1n) is 6.81. The molecule has 0 spiro atoms. The van der Waals surface area contributed by atoms with Gasteiger partial charge in [-0.3, -0.25) is 0 Å². The maximum atomic E-state index is 5.79. The van der Waals surface area contributed by atoms with E-state index in [-0.39, 0.29) is 0 Å². The highest BCUT2D eigenvalue weighted by atomic mass is 16.5. The van der Waals surface area contributed by atoms with Crippen molar-refractivity contribution in [3.8, 4) is 17.1 Å². The number of hydrogen-bond donors (Lipinski definition) is 1. The quantitative estimate of drug-likeness (QED) is 0.863. The average molecular weight is 273 g/mol. The topological polar surface area (TPSA) is 78.8 Å². The molecular formula is C14H19N5O. The molecule has 1 fully saturated rings. The lowest BCUT2D eigenvalue weighted by atomic mass is 9.70. The highest BCUT2D eigenvalue weighted by Crippen LogP contribution is 2.42. The lowest BCUT2D eigenvalue weighted by Gasteiger charge is -2.38. The van der Waals surface area contributed by atoms with Gasteiger partial charge in [0.1, 0.15) is 5.75 Å². The van der Waals surface area contributed by atoms with Gasteiger partial charge in [-0.1, -0.05) is 13.3 Å². The van der Waals surface area contributed by atoms with Crippen LogP contribution in [0.4, 0.5) is 5.69 Å². The van der Waals surface area contributed by atoms with E-state index >= 15 is 0 Å². The van der Waals surface area contributed by atoms with Crippen molar-refractivity contribution in [3.05, 3.63) is 18.2 Å². The number of nitrogen functional groups attached to an aromatic ring is 1. The molecule has 0 atom stereocenters. The number of hydrogen-bond acceptors (Lipinski definition) is 5. The molecule has 0 bridgehead atoms. The van der Waals surface area contributed by atoms with E-state index < -0.39 is 0 Å². The van der Waals surface area contributed by atoms with E-state index in [2.05, 4.69) is 22.4 Å². The van der Waals surface area contributed by atoms with Crippen molar-refractivity contribution in [2.75, 3.05) is 12.8 Å². The zero-order valence-corrected chi connectivity index (χ0v) is 11.8. The third kappa shape index (κ3) is 2.21. The Morgan fingerprint density at radius 3 is 2.85 bits per heavy atom.